The molecule has 0 spiro atoms. The van der Waals surface area contributed by atoms with E-state index in [1.807, 2.05) is 48.5 Å². The van der Waals surface area contributed by atoms with Crippen LogP contribution in [0.15, 0.2) is 65.7 Å². The minimum absolute atomic E-state index is 0.205. The highest BCUT2D eigenvalue weighted by molar-refractivity contribution is 6.30. The second-order valence-electron chi connectivity index (χ2n) is 5.78. The van der Waals surface area contributed by atoms with E-state index < -0.39 is 0 Å². The largest absolute Gasteiger partial charge is 0.380 e. The molecule has 124 valence electrons. The lowest BCUT2D eigenvalue weighted by Gasteiger charge is -2.08. The Kier molecular flexibility index (Phi) is 3.99. The molecule has 2 aromatic carbocycles. The van der Waals surface area contributed by atoms with Crippen LogP contribution in [0.4, 0.5) is 5.69 Å². The molecule has 4 aromatic rings. The van der Waals surface area contributed by atoms with E-state index in [1.165, 1.54) is 0 Å². The van der Waals surface area contributed by atoms with Gasteiger partial charge in [-0.2, -0.15) is 0 Å². The van der Waals surface area contributed by atoms with Gasteiger partial charge in [0, 0.05) is 29.5 Å². The van der Waals surface area contributed by atoms with Gasteiger partial charge in [-0.3, -0.25) is 4.98 Å². The topological polar surface area (TPSA) is 73.6 Å². The van der Waals surface area contributed by atoms with E-state index in [1.54, 1.807) is 12.4 Å². The highest BCUT2D eigenvalue weighted by Gasteiger charge is 2.04. The fourth-order valence-corrected chi connectivity index (χ4v) is 2.84. The maximum absolute atomic E-state index is 11.4. The summed E-state index contributed by atoms with van der Waals surface area (Å²) in [5, 5.41) is 4.09. The summed E-state index contributed by atoms with van der Waals surface area (Å²) in [4.78, 5) is 21.2. The lowest BCUT2D eigenvalue weighted by molar-refractivity contribution is 1.14. The molecule has 0 fully saturated rings. The molecule has 2 heterocycles. The number of pyridine rings is 1. The zero-order valence-corrected chi connectivity index (χ0v) is 14.0. The fraction of sp³-hybridized carbons (Fsp3) is 0.0526. The number of nitrogens with zero attached hydrogens (tertiary/aromatic N) is 1. The summed E-state index contributed by atoms with van der Waals surface area (Å²) in [6.45, 7) is 0.687. The number of hydrogen-bond donors (Lipinski definition) is 3. The summed E-state index contributed by atoms with van der Waals surface area (Å²) >= 11 is 5.91. The van der Waals surface area contributed by atoms with E-state index in [0.717, 1.165) is 38.4 Å². The van der Waals surface area contributed by atoms with Crippen LogP contribution >= 0.6 is 11.6 Å². The van der Waals surface area contributed by atoms with E-state index in [-0.39, 0.29) is 5.69 Å². The first kappa shape index (κ1) is 15.5. The maximum Gasteiger partial charge on any atom is 0.323 e. The Balaban J connectivity index is 1.57. The van der Waals surface area contributed by atoms with Crippen LogP contribution in [0.3, 0.4) is 0 Å². The average molecular weight is 351 g/mol. The van der Waals surface area contributed by atoms with Crippen molar-refractivity contribution in [2.24, 2.45) is 0 Å². The number of halogens is 1. The van der Waals surface area contributed by atoms with E-state index >= 15 is 0 Å². The Morgan fingerprint density at radius 3 is 2.56 bits per heavy atom. The average Bonchev–Trinajstić information content (AvgIpc) is 3.00. The molecule has 4 rings (SSSR count). The van der Waals surface area contributed by atoms with Crippen LogP contribution in [0.25, 0.3) is 22.2 Å². The van der Waals surface area contributed by atoms with Gasteiger partial charge in [-0.05, 0) is 41.5 Å². The molecule has 2 aromatic heterocycles. The molecule has 0 unspecified atom stereocenters. The van der Waals surface area contributed by atoms with Crippen LogP contribution in [0.2, 0.25) is 5.02 Å². The van der Waals surface area contributed by atoms with Gasteiger partial charge in [0.05, 0.1) is 16.7 Å². The molecule has 0 aliphatic heterocycles. The highest BCUT2D eigenvalue weighted by atomic mass is 35.5. The zero-order chi connectivity index (χ0) is 17.2. The Labute approximate surface area is 148 Å². The van der Waals surface area contributed by atoms with Crippen LogP contribution in [0.1, 0.15) is 5.56 Å². The number of aromatic nitrogens is 3. The fourth-order valence-electron chi connectivity index (χ4n) is 2.71. The van der Waals surface area contributed by atoms with Gasteiger partial charge in [0.15, 0.2) is 0 Å². The monoisotopic (exact) mass is 350 g/mol. The number of hydrogen-bond acceptors (Lipinski definition) is 3. The van der Waals surface area contributed by atoms with Crippen LogP contribution in [-0.2, 0) is 6.54 Å². The van der Waals surface area contributed by atoms with Crippen molar-refractivity contribution in [2.45, 2.75) is 6.54 Å². The molecule has 0 bridgehead atoms. The molecule has 6 heteroatoms. The summed E-state index contributed by atoms with van der Waals surface area (Å²) in [6, 6.07) is 15.6. The third-order valence-corrected chi connectivity index (χ3v) is 4.25. The normalized spacial score (nSPS) is 10.9. The molecular weight excluding hydrogens is 336 g/mol. The third kappa shape index (κ3) is 3.41. The van der Waals surface area contributed by atoms with Gasteiger partial charge in [-0.25, -0.2) is 4.79 Å². The van der Waals surface area contributed by atoms with E-state index in [2.05, 4.69) is 20.3 Å². The maximum atomic E-state index is 11.4. The number of benzene rings is 2. The Morgan fingerprint density at radius 1 is 0.920 bits per heavy atom. The highest BCUT2D eigenvalue weighted by Crippen LogP contribution is 2.24. The first-order valence-electron chi connectivity index (χ1n) is 7.83. The van der Waals surface area contributed by atoms with Gasteiger partial charge >= 0.3 is 5.69 Å². The van der Waals surface area contributed by atoms with Gasteiger partial charge < -0.3 is 15.3 Å². The van der Waals surface area contributed by atoms with Crippen molar-refractivity contribution in [3.63, 3.8) is 0 Å². The molecule has 25 heavy (non-hydrogen) atoms. The predicted molar refractivity (Wildman–Crippen MR) is 101 cm³/mol. The lowest BCUT2D eigenvalue weighted by atomic mass is 10.1. The molecule has 0 saturated heterocycles. The number of fused-ring (bicyclic) bond motifs is 1. The second-order valence-corrected chi connectivity index (χ2v) is 6.22. The van der Waals surface area contributed by atoms with Gasteiger partial charge in [0.2, 0.25) is 0 Å². The second kappa shape index (κ2) is 6.45. The van der Waals surface area contributed by atoms with Gasteiger partial charge in [-0.1, -0.05) is 29.8 Å². The van der Waals surface area contributed by atoms with Crippen molar-refractivity contribution < 1.29 is 0 Å². The predicted octanol–water partition coefficient (Wildman–Crippen LogP) is 4.18. The summed E-state index contributed by atoms with van der Waals surface area (Å²) in [5.74, 6) is 0. The zero-order valence-electron chi connectivity index (χ0n) is 13.2. The first-order chi connectivity index (χ1) is 12.2. The first-order valence-corrected chi connectivity index (χ1v) is 8.21. The molecule has 3 N–H and O–H groups in total. The molecule has 0 atom stereocenters. The molecular formula is C19H15ClN4O. The number of H-pyrrole nitrogens is 2. The van der Waals surface area contributed by atoms with Crippen molar-refractivity contribution in [1.82, 2.24) is 15.0 Å². The molecule has 0 aliphatic carbocycles. The molecule has 0 aliphatic rings. The van der Waals surface area contributed by atoms with Crippen LogP contribution in [-0.4, -0.2) is 15.0 Å². The number of aromatic amines is 2. The van der Waals surface area contributed by atoms with Gasteiger partial charge in [-0.15, -0.1) is 0 Å². The minimum atomic E-state index is -0.205. The smallest absolute Gasteiger partial charge is 0.323 e. The summed E-state index contributed by atoms with van der Waals surface area (Å²) in [5.41, 5.74) is 5.40. The quantitative estimate of drug-likeness (QED) is 0.517. The van der Waals surface area contributed by atoms with Crippen molar-refractivity contribution in [1.29, 1.82) is 0 Å². The van der Waals surface area contributed by atoms with Crippen molar-refractivity contribution in [3.05, 3.63) is 82.0 Å². The Bertz CT molecular complexity index is 1080. The van der Waals surface area contributed by atoms with Gasteiger partial charge in [0.1, 0.15) is 0 Å². The number of rotatable bonds is 4. The number of anilines is 1. The third-order valence-electron chi connectivity index (χ3n) is 4.00. The standard InChI is InChI=1S/C19H15ClN4O/c20-15-4-1-12(2-5-15)9-22-16-7-14(10-21-11-16)13-3-6-17-18(8-13)24-19(25)23-17/h1-8,10-11,22H,9H2,(H2,23,24,25). The van der Waals surface area contributed by atoms with E-state index in [0.29, 0.717) is 6.54 Å². The van der Waals surface area contributed by atoms with Crippen LogP contribution < -0.4 is 11.0 Å². The van der Waals surface area contributed by atoms with Crippen LogP contribution in [0.5, 0.6) is 0 Å². The Morgan fingerprint density at radius 2 is 1.72 bits per heavy atom. The van der Waals surface area contributed by atoms with E-state index in [9.17, 15) is 4.79 Å². The summed E-state index contributed by atoms with van der Waals surface area (Å²) in [6.07, 6.45) is 3.59. The minimum Gasteiger partial charge on any atom is -0.380 e. The molecule has 0 amide bonds. The number of nitrogens with one attached hydrogen (secondary N) is 3. The SMILES string of the molecule is O=c1[nH]c2ccc(-c3cncc(NCc4ccc(Cl)cc4)c3)cc2[nH]1. The lowest BCUT2D eigenvalue weighted by Crippen LogP contribution is -1.99. The summed E-state index contributed by atoms with van der Waals surface area (Å²) < 4.78 is 0. The van der Waals surface area contributed by atoms with Crippen LogP contribution in [0, 0.1) is 0 Å². The number of imidazole rings is 1. The van der Waals surface area contributed by atoms with Crippen molar-refractivity contribution in [3.8, 4) is 11.1 Å². The van der Waals surface area contributed by atoms with Crippen molar-refractivity contribution in [2.75, 3.05) is 5.32 Å². The Hall–Kier alpha value is -3.05. The summed E-state index contributed by atoms with van der Waals surface area (Å²) in [7, 11) is 0. The van der Waals surface area contributed by atoms with Gasteiger partial charge in [0.25, 0.3) is 0 Å². The molecule has 5 nitrogen and oxygen atoms in total. The van der Waals surface area contributed by atoms with Crippen molar-refractivity contribution >= 4 is 28.3 Å². The molecule has 0 saturated carbocycles. The van der Waals surface area contributed by atoms with E-state index in [4.69, 9.17) is 11.6 Å². The molecule has 0 radical (unpaired) electrons.